The van der Waals surface area contributed by atoms with Gasteiger partial charge in [-0.1, -0.05) is 0 Å². The van der Waals surface area contributed by atoms with E-state index in [0.29, 0.717) is 11.4 Å². The molecule has 4 N–H and O–H groups in total. The molecule has 0 aliphatic heterocycles. The first-order valence-electron chi connectivity index (χ1n) is 4.19. The highest BCUT2D eigenvalue weighted by atomic mass is 15.4. The summed E-state index contributed by atoms with van der Waals surface area (Å²) >= 11 is 0. The fraction of sp³-hybridized carbons (Fsp3) is 0. The van der Waals surface area contributed by atoms with Crippen LogP contribution in [0.25, 0.3) is 11.4 Å². The Balaban J connectivity index is 2.47. The van der Waals surface area contributed by atoms with E-state index in [1.54, 1.807) is 24.3 Å². The maximum Gasteiger partial charge on any atom is 0.241 e. The summed E-state index contributed by atoms with van der Waals surface area (Å²) in [5, 5.41) is 16.1. The molecule has 0 amide bonds. The Labute approximate surface area is 85.7 Å². The fourth-order valence-electron chi connectivity index (χ4n) is 1.19. The molecule has 2 aromatic rings. The highest BCUT2D eigenvalue weighted by molar-refractivity contribution is 5.58. The summed E-state index contributed by atoms with van der Waals surface area (Å²) in [5.74, 6) is 6.22. The Morgan fingerprint density at radius 3 is 2.33 bits per heavy atom. The van der Waals surface area contributed by atoms with E-state index in [4.69, 9.17) is 16.8 Å². The number of hydrogen-bond donors (Lipinski definition) is 2. The Morgan fingerprint density at radius 1 is 1.20 bits per heavy atom. The van der Waals surface area contributed by atoms with Crippen molar-refractivity contribution < 1.29 is 0 Å². The van der Waals surface area contributed by atoms with E-state index in [2.05, 4.69) is 10.2 Å². The Bertz CT molecular complexity index is 519. The van der Waals surface area contributed by atoms with Gasteiger partial charge in [-0.2, -0.15) is 5.26 Å². The van der Waals surface area contributed by atoms with Crippen molar-refractivity contribution in [3.05, 3.63) is 29.8 Å². The number of nitrogens with two attached hydrogens (primary N) is 2. The molecule has 0 atom stereocenters. The van der Waals surface area contributed by atoms with Gasteiger partial charge >= 0.3 is 0 Å². The van der Waals surface area contributed by atoms with E-state index in [9.17, 15) is 0 Å². The first kappa shape index (κ1) is 9.02. The monoisotopic (exact) mass is 200 g/mol. The Hall–Kier alpha value is -2.55. The van der Waals surface area contributed by atoms with Crippen LogP contribution in [0.3, 0.4) is 0 Å². The third kappa shape index (κ3) is 1.46. The zero-order valence-electron chi connectivity index (χ0n) is 7.75. The van der Waals surface area contributed by atoms with Gasteiger partial charge in [0.1, 0.15) is 0 Å². The third-order valence-electron chi connectivity index (χ3n) is 1.99. The van der Waals surface area contributed by atoms with Crippen molar-refractivity contribution in [2.24, 2.45) is 0 Å². The van der Waals surface area contributed by atoms with Crippen molar-refractivity contribution in [1.82, 2.24) is 14.9 Å². The molecule has 6 heteroatoms. The van der Waals surface area contributed by atoms with Gasteiger partial charge in [0, 0.05) is 5.56 Å². The lowest BCUT2D eigenvalue weighted by molar-refractivity contribution is 1.02. The lowest BCUT2D eigenvalue weighted by Crippen LogP contribution is -2.13. The first-order valence-corrected chi connectivity index (χ1v) is 4.19. The van der Waals surface area contributed by atoms with Crippen LogP contribution in [0.1, 0.15) is 5.56 Å². The summed E-state index contributed by atoms with van der Waals surface area (Å²) in [6, 6.07) is 8.87. The van der Waals surface area contributed by atoms with Gasteiger partial charge in [-0.15, -0.1) is 10.2 Å². The molecule has 0 bridgehead atoms. The second-order valence-corrected chi connectivity index (χ2v) is 2.94. The van der Waals surface area contributed by atoms with E-state index >= 15 is 0 Å². The van der Waals surface area contributed by atoms with Crippen LogP contribution in [0.5, 0.6) is 0 Å². The van der Waals surface area contributed by atoms with Crippen molar-refractivity contribution in [3.63, 3.8) is 0 Å². The van der Waals surface area contributed by atoms with Crippen LogP contribution in [-0.4, -0.2) is 14.9 Å². The van der Waals surface area contributed by atoms with Crippen molar-refractivity contribution in [3.8, 4) is 17.5 Å². The molecule has 0 saturated heterocycles. The number of rotatable bonds is 1. The summed E-state index contributed by atoms with van der Waals surface area (Å²) in [6.45, 7) is 0. The smallest absolute Gasteiger partial charge is 0.241 e. The van der Waals surface area contributed by atoms with Crippen LogP contribution in [0.15, 0.2) is 24.3 Å². The molecular weight excluding hydrogens is 192 g/mol. The zero-order chi connectivity index (χ0) is 10.8. The van der Waals surface area contributed by atoms with E-state index in [1.807, 2.05) is 6.07 Å². The van der Waals surface area contributed by atoms with Gasteiger partial charge < -0.3 is 11.6 Å². The largest absolute Gasteiger partial charge is 0.366 e. The van der Waals surface area contributed by atoms with Crippen molar-refractivity contribution in [1.29, 1.82) is 5.26 Å². The zero-order valence-corrected chi connectivity index (χ0v) is 7.75. The highest BCUT2D eigenvalue weighted by Gasteiger charge is 2.08. The third-order valence-corrected chi connectivity index (χ3v) is 1.99. The molecule has 0 aliphatic rings. The molecule has 0 unspecified atom stereocenters. The molecule has 1 aromatic carbocycles. The summed E-state index contributed by atoms with van der Waals surface area (Å²) in [6.07, 6.45) is 0. The predicted molar refractivity (Wildman–Crippen MR) is 54.7 cm³/mol. The molecule has 0 spiro atoms. The fourth-order valence-corrected chi connectivity index (χ4v) is 1.19. The molecule has 0 aliphatic carbocycles. The van der Waals surface area contributed by atoms with E-state index in [0.717, 1.165) is 5.56 Å². The van der Waals surface area contributed by atoms with Crippen LogP contribution in [0, 0.1) is 11.3 Å². The first-order chi connectivity index (χ1) is 7.22. The predicted octanol–water partition coefficient (Wildman–Crippen LogP) is 0.113. The number of benzene rings is 1. The van der Waals surface area contributed by atoms with E-state index < -0.39 is 0 Å². The lowest BCUT2D eigenvalue weighted by atomic mass is 10.1. The summed E-state index contributed by atoms with van der Waals surface area (Å²) in [4.78, 5) is 0. The molecule has 2 rings (SSSR count). The van der Waals surface area contributed by atoms with Gasteiger partial charge in [0.15, 0.2) is 5.82 Å². The van der Waals surface area contributed by atoms with E-state index in [-0.39, 0.29) is 5.95 Å². The van der Waals surface area contributed by atoms with Crippen molar-refractivity contribution in [2.45, 2.75) is 0 Å². The van der Waals surface area contributed by atoms with Crippen LogP contribution < -0.4 is 11.6 Å². The van der Waals surface area contributed by atoms with Gasteiger partial charge in [-0.05, 0) is 24.3 Å². The topological polar surface area (TPSA) is 107 Å². The summed E-state index contributed by atoms with van der Waals surface area (Å²) < 4.78 is 1.20. The van der Waals surface area contributed by atoms with Crippen LogP contribution in [0.2, 0.25) is 0 Å². The van der Waals surface area contributed by atoms with Gasteiger partial charge in [-0.25, -0.2) is 4.68 Å². The minimum atomic E-state index is 0.148. The van der Waals surface area contributed by atoms with Gasteiger partial charge in [0.05, 0.1) is 11.6 Å². The number of hydrogen-bond acceptors (Lipinski definition) is 5. The summed E-state index contributed by atoms with van der Waals surface area (Å²) in [5.41, 5.74) is 6.79. The maximum atomic E-state index is 8.63. The van der Waals surface area contributed by atoms with Gasteiger partial charge in [0.2, 0.25) is 5.95 Å². The molecule has 0 fully saturated rings. The second-order valence-electron chi connectivity index (χ2n) is 2.94. The quantitative estimate of drug-likeness (QED) is 0.635. The molecule has 74 valence electrons. The number of nitrogens with zero attached hydrogens (tertiary/aromatic N) is 4. The molecule has 0 saturated carbocycles. The number of nitriles is 1. The van der Waals surface area contributed by atoms with Crippen molar-refractivity contribution in [2.75, 3.05) is 11.6 Å². The van der Waals surface area contributed by atoms with Crippen LogP contribution >= 0.6 is 0 Å². The molecule has 15 heavy (non-hydrogen) atoms. The molecule has 1 aromatic heterocycles. The Morgan fingerprint density at radius 2 is 1.87 bits per heavy atom. The number of anilines is 1. The average molecular weight is 200 g/mol. The second kappa shape index (κ2) is 3.31. The minimum absolute atomic E-state index is 0.148. The molecule has 0 radical (unpaired) electrons. The lowest BCUT2D eigenvalue weighted by Gasteiger charge is -2.00. The van der Waals surface area contributed by atoms with Gasteiger partial charge in [-0.3, -0.25) is 0 Å². The number of aromatic nitrogens is 3. The van der Waals surface area contributed by atoms with Crippen LogP contribution in [0.4, 0.5) is 5.95 Å². The van der Waals surface area contributed by atoms with E-state index in [1.165, 1.54) is 4.68 Å². The Kier molecular flexibility index (Phi) is 1.99. The van der Waals surface area contributed by atoms with Crippen LogP contribution in [-0.2, 0) is 0 Å². The van der Waals surface area contributed by atoms with Gasteiger partial charge in [0.25, 0.3) is 0 Å². The molecular formula is C9H8N6. The highest BCUT2D eigenvalue weighted by Crippen LogP contribution is 2.17. The summed E-state index contributed by atoms with van der Waals surface area (Å²) in [7, 11) is 0. The molecule has 6 nitrogen and oxygen atoms in total. The SMILES string of the molecule is N#Cc1ccc(-c2nnc(N)n2N)cc1. The standard InChI is InChI=1S/C9H8N6/c10-5-6-1-3-7(4-2-6)8-13-14-9(11)15(8)12/h1-4H,12H2,(H2,11,14). The average Bonchev–Trinajstić information content (AvgIpc) is 2.60. The minimum Gasteiger partial charge on any atom is -0.366 e. The molecule has 1 heterocycles. The maximum absolute atomic E-state index is 8.63. The normalized spacial score (nSPS) is 9.80. The number of nitrogen functional groups attached to an aromatic ring is 2. The van der Waals surface area contributed by atoms with Crippen molar-refractivity contribution >= 4 is 5.95 Å².